The van der Waals surface area contributed by atoms with E-state index in [0.717, 1.165) is 12.1 Å². The summed E-state index contributed by atoms with van der Waals surface area (Å²) in [4.78, 5) is 11.1. The van der Waals surface area contributed by atoms with Crippen molar-refractivity contribution >= 4 is 5.97 Å². The summed E-state index contributed by atoms with van der Waals surface area (Å²) in [5, 5.41) is 9.07. The lowest BCUT2D eigenvalue weighted by Crippen LogP contribution is -2.20. The molecule has 3 nitrogen and oxygen atoms in total. The van der Waals surface area contributed by atoms with Crippen LogP contribution in [0.4, 0.5) is 8.78 Å². The molecule has 1 aromatic rings. The molecule has 1 N–H and O–H groups in total. The standard InChI is InChI=1S/C11H10F2O3/c1-16-9-5-8(13)7(12)4-6(9)11(2-3-11)10(14)15/h4-5H,2-3H2,1H3,(H,14,15). The number of ether oxygens (including phenoxy) is 1. The van der Waals surface area contributed by atoms with Crippen LogP contribution in [0.1, 0.15) is 18.4 Å². The first-order valence-electron chi connectivity index (χ1n) is 4.78. The number of hydrogen-bond acceptors (Lipinski definition) is 2. The summed E-state index contributed by atoms with van der Waals surface area (Å²) in [6.45, 7) is 0. The molecule has 0 radical (unpaired) electrons. The van der Waals surface area contributed by atoms with Crippen molar-refractivity contribution < 1.29 is 23.4 Å². The van der Waals surface area contributed by atoms with Crippen molar-refractivity contribution in [1.29, 1.82) is 0 Å². The first-order chi connectivity index (χ1) is 7.51. The number of hydrogen-bond donors (Lipinski definition) is 1. The Morgan fingerprint density at radius 3 is 2.38 bits per heavy atom. The number of aliphatic carboxylic acids is 1. The molecule has 1 fully saturated rings. The highest BCUT2D eigenvalue weighted by molar-refractivity contribution is 5.86. The number of rotatable bonds is 3. The van der Waals surface area contributed by atoms with E-state index < -0.39 is 23.0 Å². The van der Waals surface area contributed by atoms with E-state index >= 15 is 0 Å². The number of carbonyl (C=O) groups is 1. The zero-order valence-corrected chi connectivity index (χ0v) is 8.59. The molecule has 0 bridgehead atoms. The molecule has 0 heterocycles. The van der Waals surface area contributed by atoms with Gasteiger partial charge in [0, 0.05) is 11.6 Å². The van der Waals surface area contributed by atoms with Crippen LogP contribution in [0.15, 0.2) is 12.1 Å². The summed E-state index contributed by atoms with van der Waals surface area (Å²) < 4.78 is 30.9. The second kappa shape index (κ2) is 3.43. The lowest BCUT2D eigenvalue weighted by molar-refractivity contribution is -0.140. The molecule has 1 saturated carbocycles. The Balaban J connectivity index is 2.56. The van der Waals surface area contributed by atoms with E-state index in [0.29, 0.717) is 12.8 Å². The van der Waals surface area contributed by atoms with Gasteiger partial charge in [-0.15, -0.1) is 0 Å². The van der Waals surface area contributed by atoms with Gasteiger partial charge in [-0.1, -0.05) is 0 Å². The topological polar surface area (TPSA) is 46.5 Å². The fourth-order valence-electron chi connectivity index (χ4n) is 1.79. The zero-order valence-electron chi connectivity index (χ0n) is 8.59. The number of carboxylic acid groups (broad SMARTS) is 1. The molecule has 5 heteroatoms. The van der Waals surface area contributed by atoms with Crippen LogP contribution in [-0.4, -0.2) is 18.2 Å². The quantitative estimate of drug-likeness (QED) is 0.861. The monoisotopic (exact) mass is 228 g/mol. The van der Waals surface area contributed by atoms with E-state index in [2.05, 4.69) is 0 Å². The first kappa shape index (κ1) is 10.9. The predicted molar refractivity (Wildman–Crippen MR) is 51.5 cm³/mol. The molecular formula is C11H10F2O3. The van der Waals surface area contributed by atoms with Gasteiger partial charge in [-0.3, -0.25) is 4.79 Å². The smallest absolute Gasteiger partial charge is 0.314 e. The fraction of sp³-hybridized carbons (Fsp3) is 0.364. The summed E-state index contributed by atoms with van der Waals surface area (Å²) in [5.41, 5.74) is -0.888. The number of halogens is 2. The minimum atomic E-state index is -1.10. The second-order valence-electron chi connectivity index (χ2n) is 3.85. The number of carboxylic acids is 1. The van der Waals surface area contributed by atoms with Gasteiger partial charge >= 0.3 is 5.97 Å². The Kier molecular flexibility index (Phi) is 2.33. The zero-order chi connectivity index (χ0) is 11.9. The molecule has 1 aliphatic rings. The molecular weight excluding hydrogens is 218 g/mol. The van der Waals surface area contributed by atoms with Crippen LogP contribution in [0.3, 0.4) is 0 Å². The summed E-state index contributed by atoms with van der Waals surface area (Å²) in [6.07, 6.45) is 0.841. The Morgan fingerprint density at radius 2 is 1.94 bits per heavy atom. The Labute approximate surface area is 90.7 Å². The first-order valence-corrected chi connectivity index (χ1v) is 4.78. The van der Waals surface area contributed by atoms with Gasteiger partial charge in [0.15, 0.2) is 11.6 Å². The van der Waals surface area contributed by atoms with Crippen molar-refractivity contribution in [2.45, 2.75) is 18.3 Å². The number of methoxy groups -OCH3 is 1. The minimum absolute atomic E-state index is 0.0822. The molecule has 0 unspecified atom stereocenters. The van der Waals surface area contributed by atoms with Crippen molar-refractivity contribution in [3.05, 3.63) is 29.3 Å². The molecule has 1 aromatic carbocycles. The highest BCUT2D eigenvalue weighted by atomic mass is 19.2. The van der Waals surface area contributed by atoms with E-state index in [1.54, 1.807) is 0 Å². The summed E-state index contributed by atoms with van der Waals surface area (Å²) in [5.74, 6) is -3.04. The van der Waals surface area contributed by atoms with E-state index in [1.807, 2.05) is 0 Å². The Bertz CT molecular complexity index is 453. The van der Waals surface area contributed by atoms with Gasteiger partial charge in [-0.25, -0.2) is 8.78 Å². The van der Waals surface area contributed by atoms with Gasteiger partial charge in [0.2, 0.25) is 0 Å². The van der Waals surface area contributed by atoms with Crippen LogP contribution in [0.5, 0.6) is 5.75 Å². The number of benzene rings is 1. The molecule has 0 saturated heterocycles. The minimum Gasteiger partial charge on any atom is -0.496 e. The van der Waals surface area contributed by atoms with Gasteiger partial charge in [-0.05, 0) is 18.9 Å². The van der Waals surface area contributed by atoms with Crippen LogP contribution < -0.4 is 4.74 Å². The fourth-order valence-corrected chi connectivity index (χ4v) is 1.79. The molecule has 0 atom stereocenters. The van der Waals surface area contributed by atoms with Crippen LogP contribution in [0.25, 0.3) is 0 Å². The third-order valence-electron chi connectivity index (χ3n) is 2.92. The van der Waals surface area contributed by atoms with E-state index in [-0.39, 0.29) is 11.3 Å². The lowest BCUT2D eigenvalue weighted by atomic mass is 9.95. The average Bonchev–Trinajstić information content (AvgIpc) is 3.02. The SMILES string of the molecule is COc1cc(F)c(F)cc1C1(C(=O)O)CC1. The molecule has 16 heavy (non-hydrogen) atoms. The van der Waals surface area contributed by atoms with Crippen molar-refractivity contribution in [2.75, 3.05) is 7.11 Å². The maximum absolute atomic E-state index is 13.1. The largest absolute Gasteiger partial charge is 0.496 e. The molecule has 2 rings (SSSR count). The van der Waals surface area contributed by atoms with Crippen LogP contribution in [-0.2, 0) is 10.2 Å². The molecule has 0 spiro atoms. The van der Waals surface area contributed by atoms with Gasteiger partial charge in [-0.2, -0.15) is 0 Å². The summed E-state index contributed by atoms with van der Waals surface area (Å²) in [7, 11) is 1.30. The van der Waals surface area contributed by atoms with Gasteiger partial charge in [0.05, 0.1) is 12.5 Å². The van der Waals surface area contributed by atoms with Crippen molar-refractivity contribution in [3.63, 3.8) is 0 Å². The molecule has 86 valence electrons. The third-order valence-corrected chi connectivity index (χ3v) is 2.92. The van der Waals surface area contributed by atoms with Crippen LogP contribution in [0.2, 0.25) is 0 Å². The summed E-state index contributed by atoms with van der Waals surface area (Å²) >= 11 is 0. The molecule has 0 amide bonds. The highest BCUT2D eigenvalue weighted by Gasteiger charge is 2.53. The van der Waals surface area contributed by atoms with Crippen molar-refractivity contribution in [1.82, 2.24) is 0 Å². The van der Waals surface area contributed by atoms with Gasteiger partial charge in [0.1, 0.15) is 5.75 Å². The predicted octanol–water partition coefficient (Wildman–Crippen LogP) is 2.09. The maximum atomic E-state index is 13.1. The van der Waals surface area contributed by atoms with Crippen LogP contribution >= 0.6 is 0 Å². The normalized spacial score (nSPS) is 16.9. The molecule has 1 aliphatic carbocycles. The van der Waals surface area contributed by atoms with Gasteiger partial charge in [0.25, 0.3) is 0 Å². The summed E-state index contributed by atoms with van der Waals surface area (Å²) in [6, 6.07) is 1.79. The molecule has 0 aromatic heterocycles. The van der Waals surface area contributed by atoms with E-state index in [9.17, 15) is 13.6 Å². The molecule has 0 aliphatic heterocycles. The average molecular weight is 228 g/mol. The van der Waals surface area contributed by atoms with Gasteiger partial charge < -0.3 is 9.84 Å². The Hall–Kier alpha value is -1.65. The van der Waals surface area contributed by atoms with Crippen molar-refractivity contribution in [3.8, 4) is 5.75 Å². The van der Waals surface area contributed by atoms with E-state index in [4.69, 9.17) is 9.84 Å². The maximum Gasteiger partial charge on any atom is 0.314 e. The van der Waals surface area contributed by atoms with Crippen molar-refractivity contribution in [2.24, 2.45) is 0 Å². The Morgan fingerprint density at radius 1 is 1.38 bits per heavy atom. The second-order valence-corrected chi connectivity index (χ2v) is 3.85. The van der Waals surface area contributed by atoms with Crippen LogP contribution in [0, 0.1) is 11.6 Å². The highest BCUT2D eigenvalue weighted by Crippen LogP contribution is 2.51. The third kappa shape index (κ3) is 1.43. The lowest BCUT2D eigenvalue weighted by Gasteiger charge is -2.14. The van der Waals surface area contributed by atoms with E-state index in [1.165, 1.54) is 7.11 Å².